The minimum Gasteiger partial charge on any atom is -0.392 e. The Kier molecular flexibility index (Phi) is 3.12. The molecule has 0 radical (unpaired) electrons. The van der Waals surface area contributed by atoms with Crippen LogP contribution in [-0.2, 0) is 6.42 Å². The van der Waals surface area contributed by atoms with Gasteiger partial charge >= 0.3 is 0 Å². The van der Waals surface area contributed by atoms with Crippen LogP contribution in [0.5, 0.6) is 0 Å². The molecule has 1 fully saturated rings. The predicted octanol–water partition coefficient (Wildman–Crippen LogP) is 3.15. The molecule has 1 aliphatic rings. The molecule has 2 rings (SSSR count). The second kappa shape index (κ2) is 4.22. The van der Waals surface area contributed by atoms with Gasteiger partial charge < -0.3 is 5.11 Å². The Labute approximate surface area is 97.4 Å². The third kappa shape index (κ3) is 2.58. The Morgan fingerprint density at radius 2 is 2.27 bits per heavy atom. The molecule has 0 heterocycles. The van der Waals surface area contributed by atoms with Crippen molar-refractivity contribution in [1.82, 2.24) is 0 Å². The van der Waals surface area contributed by atoms with E-state index in [1.54, 1.807) is 12.1 Å². The van der Waals surface area contributed by atoms with Gasteiger partial charge in [0.25, 0.3) is 0 Å². The van der Waals surface area contributed by atoms with Gasteiger partial charge in [-0.05, 0) is 58.3 Å². The molecule has 0 aromatic heterocycles. The minimum atomic E-state index is -0.280. The van der Waals surface area contributed by atoms with Crippen LogP contribution in [-0.4, -0.2) is 11.2 Å². The number of halogens is 2. The Morgan fingerprint density at radius 3 is 2.80 bits per heavy atom. The van der Waals surface area contributed by atoms with E-state index in [0.29, 0.717) is 22.7 Å². The average molecular weight is 273 g/mol. The van der Waals surface area contributed by atoms with Crippen LogP contribution in [0, 0.1) is 17.7 Å². The first-order valence-corrected chi connectivity index (χ1v) is 5.99. The molecule has 1 aromatic rings. The normalized spacial score (nSPS) is 26.4. The lowest BCUT2D eigenvalue weighted by atomic mass is 10.0. The Hall–Kier alpha value is -0.410. The number of benzene rings is 1. The molecule has 15 heavy (non-hydrogen) atoms. The molecule has 3 atom stereocenters. The van der Waals surface area contributed by atoms with Gasteiger partial charge in [0.1, 0.15) is 5.82 Å². The summed E-state index contributed by atoms with van der Waals surface area (Å²) in [6.45, 7) is 2.15. The van der Waals surface area contributed by atoms with Crippen LogP contribution in [0.4, 0.5) is 4.39 Å². The molecule has 0 aliphatic heterocycles. The van der Waals surface area contributed by atoms with Crippen molar-refractivity contribution in [3.63, 3.8) is 0 Å². The third-order valence-electron chi connectivity index (χ3n) is 3.09. The molecular weight excluding hydrogens is 259 g/mol. The predicted molar refractivity (Wildman–Crippen MR) is 61.1 cm³/mol. The Bertz CT molecular complexity index is 367. The number of aliphatic hydroxyl groups excluding tert-OH is 1. The third-order valence-corrected chi connectivity index (χ3v) is 3.70. The maximum absolute atomic E-state index is 13.0. The zero-order chi connectivity index (χ0) is 11.0. The topological polar surface area (TPSA) is 20.2 Å². The monoisotopic (exact) mass is 272 g/mol. The van der Waals surface area contributed by atoms with Crippen molar-refractivity contribution in [2.24, 2.45) is 11.8 Å². The Balaban J connectivity index is 2.01. The van der Waals surface area contributed by atoms with Crippen LogP contribution in [0.2, 0.25) is 0 Å². The van der Waals surface area contributed by atoms with Crippen molar-refractivity contribution in [2.75, 3.05) is 0 Å². The van der Waals surface area contributed by atoms with E-state index >= 15 is 0 Å². The molecule has 1 aromatic carbocycles. The number of aliphatic hydroxyl groups is 1. The molecule has 0 bridgehead atoms. The fourth-order valence-electron chi connectivity index (χ4n) is 1.95. The van der Waals surface area contributed by atoms with Crippen LogP contribution in [0.15, 0.2) is 22.7 Å². The van der Waals surface area contributed by atoms with E-state index in [1.807, 2.05) is 0 Å². The second-order valence-corrected chi connectivity index (χ2v) is 5.25. The van der Waals surface area contributed by atoms with Crippen LogP contribution in [0.1, 0.15) is 18.9 Å². The summed E-state index contributed by atoms with van der Waals surface area (Å²) in [5.41, 5.74) is 0.981. The van der Waals surface area contributed by atoms with E-state index in [0.717, 1.165) is 12.0 Å². The van der Waals surface area contributed by atoms with Gasteiger partial charge in [0, 0.05) is 0 Å². The highest BCUT2D eigenvalue weighted by molar-refractivity contribution is 9.10. The zero-order valence-electron chi connectivity index (χ0n) is 8.58. The van der Waals surface area contributed by atoms with Crippen molar-refractivity contribution in [2.45, 2.75) is 25.9 Å². The van der Waals surface area contributed by atoms with E-state index in [-0.39, 0.29) is 11.9 Å². The first kappa shape index (κ1) is 11.1. The standard InChI is InChI=1S/C12H14BrFO/c1-7-4-9(7)12(15)6-8-2-3-11(14)10(13)5-8/h2-3,5,7,9,12,15H,4,6H2,1H3. The molecule has 82 valence electrons. The van der Waals surface area contributed by atoms with Crippen LogP contribution in [0.3, 0.4) is 0 Å². The molecule has 1 aliphatic carbocycles. The first-order valence-electron chi connectivity index (χ1n) is 5.20. The molecule has 1 nitrogen and oxygen atoms in total. The van der Waals surface area contributed by atoms with Gasteiger partial charge in [0.05, 0.1) is 10.6 Å². The lowest BCUT2D eigenvalue weighted by molar-refractivity contribution is 0.146. The summed E-state index contributed by atoms with van der Waals surface area (Å²) in [7, 11) is 0. The second-order valence-electron chi connectivity index (χ2n) is 4.40. The highest BCUT2D eigenvalue weighted by Gasteiger charge is 2.38. The molecule has 0 saturated heterocycles. The van der Waals surface area contributed by atoms with Gasteiger partial charge in [0.15, 0.2) is 0 Å². The summed E-state index contributed by atoms with van der Waals surface area (Å²) in [4.78, 5) is 0. The fraction of sp³-hybridized carbons (Fsp3) is 0.500. The minimum absolute atomic E-state index is 0.256. The van der Waals surface area contributed by atoms with E-state index in [1.165, 1.54) is 6.07 Å². The maximum Gasteiger partial charge on any atom is 0.137 e. The fourth-order valence-corrected chi connectivity index (χ4v) is 2.37. The summed E-state index contributed by atoms with van der Waals surface area (Å²) in [6, 6.07) is 4.91. The summed E-state index contributed by atoms with van der Waals surface area (Å²) < 4.78 is 13.4. The summed E-state index contributed by atoms with van der Waals surface area (Å²) in [5.74, 6) is 0.825. The molecule has 1 N–H and O–H groups in total. The zero-order valence-corrected chi connectivity index (χ0v) is 10.2. The number of hydrogen-bond acceptors (Lipinski definition) is 1. The van der Waals surface area contributed by atoms with Gasteiger partial charge in [-0.1, -0.05) is 13.0 Å². The lowest BCUT2D eigenvalue weighted by Gasteiger charge is -2.10. The quantitative estimate of drug-likeness (QED) is 0.897. The van der Waals surface area contributed by atoms with Crippen molar-refractivity contribution < 1.29 is 9.50 Å². The molecular formula is C12H14BrFO. The van der Waals surface area contributed by atoms with Gasteiger partial charge in [0.2, 0.25) is 0 Å². The van der Waals surface area contributed by atoms with E-state index < -0.39 is 0 Å². The SMILES string of the molecule is CC1CC1C(O)Cc1ccc(F)c(Br)c1. The van der Waals surface area contributed by atoms with Crippen LogP contribution < -0.4 is 0 Å². The van der Waals surface area contributed by atoms with Crippen molar-refractivity contribution in [3.05, 3.63) is 34.1 Å². The Morgan fingerprint density at radius 1 is 1.60 bits per heavy atom. The number of hydrogen-bond donors (Lipinski definition) is 1. The molecule has 0 amide bonds. The molecule has 0 spiro atoms. The van der Waals surface area contributed by atoms with Crippen LogP contribution >= 0.6 is 15.9 Å². The summed E-state index contributed by atoms with van der Waals surface area (Å²) in [6.07, 6.45) is 1.45. The largest absolute Gasteiger partial charge is 0.392 e. The van der Waals surface area contributed by atoms with E-state index in [2.05, 4.69) is 22.9 Å². The maximum atomic E-state index is 13.0. The van der Waals surface area contributed by atoms with E-state index in [9.17, 15) is 9.50 Å². The van der Waals surface area contributed by atoms with Crippen molar-refractivity contribution in [1.29, 1.82) is 0 Å². The van der Waals surface area contributed by atoms with Crippen LogP contribution in [0.25, 0.3) is 0 Å². The summed E-state index contributed by atoms with van der Waals surface area (Å²) in [5, 5.41) is 9.86. The smallest absolute Gasteiger partial charge is 0.137 e. The highest BCUT2D eigenvalue weighted by Crippen LogP contribution is 2.41. The average Bonchev–Trinajstić information content (AvgIpc) is 2.89. The lowest BCUT2D eigenvalue weighted by Crippen LogP contribution is -2.13. The van der Waals surface area contributed by atoms with Crippen molar-refractivity contribution in [3.8, 4) is 0 Å². The molecule has 3 unspecified atom stereocenters. The highest BCUT2D eigenvalue weighted by atomic mass is 79.9. The van der Waals surface area contributed by atoms with Gasteiger partial charge in [-0.25, -0.2) is 4.39 Å². The van der Waals surface area contributed by atoms with Gasteiger partial charge in [-0.15, -0.1) is 0 Å². The first-order chi connectivity index (χ1) is 7.08. The van der Waals surface area contributed by atoms with Gasteiger partial charge in [-0.2, -0.15) is 0 Å². The molecule has 1 saturated carbocycles. The summed E-state index contributed by atoms with van der Waals surface area (Å²) >= 11 is 3.14. The molecule has 3 heteroatoms. The van der Waals surface area contributed by atoms with E-state index in [4.69, 9.17) is 0 Å². The number of rotatable bonds is 3. The van der Waals surface area contributed by atoms with Crippen molar-refractivity contribution >= 4 is 15.9 Å². The van der Waals surface area contributed by atoms with Gasteiger partial charge in [-0.3, -0.25) is 0 Å².